The van der Waals surface area contributed by atoms with Crippen molar-refractivity contribution >= 4 is 23.7 Å². The molecular formula is C16H19N3O6. The maximum absolute atomic E-state index is 12.2. The maximum Gasteiger partial charge on any atom is 0.324 e. The van der Waals surface area contributed by atoms with E-state index in [0.29, 0.717) is 11.4 Å². The van der Waals surface area contributed by atoms with Crippen molar-refractivity contribution < 1.29 is 29.3 Å². The number of rotatable bonds is 5. The molecule has 25 heavy (non-hydrogen) atoms. The largest absolute Gasteiger partial charge is 0.497 e. The number of fused-ring (bicyclic) bond motifs is 1. The number of nitrogens with two attached hydrogens (primary N) is 1. The van der Waals surface area contributed by atoms with Gasteiger partial charge in [-0.3, -0.25) is 9.59 Å². The Labute approximate surface area is 143 Å². The molecule has 9 nitrogen and oxygen atoms in total. The molecule has 0 aliphatic heterocycles. The average molecular weight is 349 g/mol. The minimum Gasteiger partial charge on any atom is -0.497 e. The van der Waals surface area contributed by atoms with Gasteiger partial charge in [0.15, 0.2) is 0 Å². The predicted octanol–water partition coefficient (Wildman–Crippen LogP) is 0.318. The lowest BCUT2D eigenvalue weighted by Gasteiger charge is -2.25. The topological polar surface area (TPSA) is 151 Å². The first-order valence-electron chi connectivity index (χ1n) is 7.74. The lowest BCUT2D eigenvalue weighted by molar-refractivity contribution is -0.145. The molecule has 3 rings (SSSR count). The molecule has 134 valence electrons. The predicted molar refractivity (Wildman–Crippen MR) is 86.2 cm³/mol. The van der Waals surface area contributed by atoms with Crippen LogP contribution in [0.4, 0.5) is 10.5 Å². The van der Waals surface area contributed by atoms with Crippen LogP contribution in [0.3, 0.4) is 0 Å². The molecule has 1 aromatic carbocycles. The van der Waals surface area contributed by atoms with Crippen LogP contribution < -0.4 is 21.1 Å². The lowest BCUT2D eigenvalue weighted by atomic mass is 9.90. The van der Waals surface area contributed by atoms with Gasteiger partial charge in [-0.05, 0) is 36.6 Å². The third-order valence-corrected chi connectivity index (χ3v) is 5.04. The summed E-state index contributed by atoms with van der Waals surface area (Å²) < 4.78 is 5.03. The number of hydrogen-bond acceptors (Lipinski definition) is 5. The van der Waals surface area contributed by atoms with Gasteiger partial charge in [0.2, 0.25) is 0 Å². The summed E-state index contributed by atoms with van der Waals surface area (Å²) in [5.41, 5.74) is 4.81. The second kappa shape index (κ2) is 5.92. The third-order valence-electron chi connectivity index (χ3n) is 5.04. The summed E-state index contributed by atoms with van der Waals surface area (Å²) in [5, 5.41) is 23.8. The fourth-order valence-electron chi connectivity index (χ4n) is 3.84. The van der Waals surface area contributed by atoms with Gasteiger partial charge in [-0.15, -0.1) is 0 Å². The van der Waals surface area contributed by atoms with E-state index in [1.165, 1.54) is 7.11 Å². The number of hydrogen-bond donors (Lipinski definition) is 5. The van der Waals surface area contributed by atoms with E-state index < -0.39 is 47.3 Å². The molecule has 0 bridgehead atoms. The number of amides is 2. The van der Waals surface area contributed by atoms with Gasteiger partial charge in [0.05, 0.1) is 13.0 Å². The van der Waals surface area contributed by atoms with Gasteiger partial charge in [0, 0.05) is 17.6 Å². The fraction of sp³-hybridized carbons (Fsp3) is 0.438. The Morgan fingerprint density at radius 3 is 2.40 bits per heavy atom. The highest BCUT2D eigenvalue weighted by molar-refractivity contribution is 5.91. The van der Waals surface area contributed by atoms with Crippen molar-refractivity contribution in [2.24, 2.45) is 23.5 Å². The molecular weight excluding hydrogens is 330 g/mol. The molecule has 0 unspecified atom stereocenters. The number of carbonyl (C=O) groups is 3. The van der Waals surface area contributed by atoms with Crippen LogP contribution in [0.5, 0.6) is 5.75 Å². The first kappa shape index (κ1) is 17.0. The maximum atomic E-state index is 12.2. The van der Waals surface area contributed by atoms with Gasteiger partial charge in [-0.2, -0.15) is 0 Å². The Bertz CT molecular complexity index is 721. The monoisotopic (exact) mass is 349 g/mol. The Balaban J connectivity index is 1.67. The number of benzene rings is 1. The van der Waals surface area contributed by atoms with Crippen molar-refractivity contribution in [1.29, 1.82) is 0 Å². The molecule has 0 saturated heterocycles. The summed E-state index contributed by atoms with van der Waals surface area (Å²) in [6.07, 6.45) is -0.00250. The van der Waals surface area contributed by atoms with E-state index in [0.717, 1.165) is 0 Å². The van der Waals surface area contributed by atoms with E-state index in [4.69, 9.17) is 10.5 Å². The molecule has 9 heteroatoms. The smallest absolute Gasteiger partial charge is 0.324 e. The summed E-state index contributed by atoms with van der Waals surface area (Å²) in [5.74, 6) is -3.68. The van der Waals surface area contributed by atoms with Crippen molar-refractivity contribution in [3.05, 3.63) is 24.3 Å². The molecule has 6 N–H and O–H groups in total. The third kappa shape index (κ3) is 2.86. The number of anilines is 1. The number of carbonyl (C=O) groups excluding carboxylic acids is 1. The average Bonchev–Trinajstić information content (AvgIpc) is 3.24. The van der Waals surface area contributed by atoms with E-state index in [9.17, 15) is 24.6 Å². The van der Waals surface area contributed by atoms with Gasteiger partial charge in [-0.1, -0.05) is 0 Å². The van der Waals surface area contributed by atoms with Gasteiger partial charge < -0.3 is 31.3 Å². The normalized spacial score (nSPS) is 32.4. The van der Waals surface area contributed by atoms with Crippen LogP contribution in [0, 0.1) is 17.8 Å². The van der Waals surface area contributed by atoms with Gasteiger partial charge >= 0.3 is 18.0 Å². The number of nitrogens with one attached hydrogen (secondary N) is 2. The molecule has 2 aliphatic rings. The standard InChI is InChI=1S/C16H19N3O6/c1-25-8-4-2-7(3-5-8)18-15(24)19-9-6-16(17,14(22)23)12-10(9)11(12)13(20)21/h2-5,9-12H,6,17H2,1H3,(H,20,21)(H,22,23)(H2,18,19,24)/t9-,10-,11-,12-,16-/m0/s1. The number of methoxy groups -OCH3 is 1. The highest BCUT2D eigenvalue weighted by Crippen LogP contribution is 2.61. The Morgan fingerprint density at radius 2 is 1.88 bits per heavy atom. The van der Waals surface area contributed by atoms with Crippen molar-refractivity contribution in [1.82, 2.24) is 5.32 Å². The van der Waals surface area contributed by atoms with Crippen molar-refractivity contribution in [3.8, 4) is 5.75 Å². The quantitative estimate of drug-likeness (QED) is 0.513. The van der Waals surface area contributed by atoms with E-state index in [2.05, 4.69) is 10.6 Å². The second-order valence-electron chi connectivity index (χ2n) is 6.45. The molecule has 2 amide bonds. The van der Waals surface area contributed by atoms with Crippen molar-refractivity contribution in [3.63, 3.8) is 0 Å². The SMILES string of the molecule is COc1ccc(NC(=O)N[C@H]2C[C@@](N)(C(=O)O)[C@@H]3[C@@H](C(=O)O)[C@@H]32)cc1. The zero-order valence-electron chi connectivity index (χ0n) is 13.4. The molecule has 0 spiro atoms. The molecule has 0 heterocycles. The second-order valence-corrected chi connectivity index (χ2v) is 6.45. The highest BCUT2D eigenvalue weighted by Gasteiger charge is 2.74. The van der Waals surface area contributed by atoms with E-state index in [1.807, 2.05) is 0 Å². The van der Waals surface area contributed by atoms with Crippen molar-refractivity contribution in [2.45, 2.75) is 18.0 Å². The van der Waals surface area contributed by atoms with E-state index >= 15 is 0 Å². The van der Waals surface area contributed by atoms with Crippen LogP contribution in [0.1, 0.15) is 6.42 Å². The number of urea groups is 1. The molecule has 0 radical (unpaired) electrons. The van der Waals surface area contributed by atoms with Gasteiger partial charge in [0.1, 0.15) is 11.3 Å². The van der Waals surface area contributed by atoms with Crippen LogP contribution in [0.25, 0.3) is 0 Å². The Morgan fingerprint density at radius 1 is 1.24 bits per heavy atom. The van der Waals surface area contributed by atoms with Crippen LogP contribution in [-0.2, 0) is 9.59 Å². The summed E-state index contributed by atoms with van der Waals surface area (Å²) >= 11 is 0. The summed E-state index contributed by atoms with van der Waals surface area (Å²) in [6.45, 7) is 0. The summed E-state index contributed by atoms with van der Waals surface area (Å²) in [4.78, 5) is 34.9. The number of carboxylic acids is 2. The molecule has 2 aliphatic carbocycles. The summed E-state index contributed by atoms with van der Waals surface area (Å²) in [6, 6.07) is 5.51. The first-order chi connectivity index (χ1) is 11.8. The fourth-order valence-corrected chi connectivity index (χ4v) is 3.84. The molecule has 5 atom stereocenters. The number of aliphatic carboxylic acids is 2. The Hall–Kier alpha value is -2.81. The molecule has 0 aromatic heterocycles. The van der Waals surface area contributed by atoms with Crippen LogP contribution in [0.2, 0.25) is 0 Å². The minimum atomic E-state index is -1.63. The zero-order valence-corrected chi connectivity index (χ0v) is 13.4. The number of carboxylic acid groups (broad SMARTS) is 2. The van der Waals surface area contributed by atoms with Crippen LogP contribution >= 0.6 is 0 Å². The lowest BCUT2D eigenvalue weighted by Crippen LogP contribution is -2.52. The van der Waals surface area contributed by atoms with Crippen molar-refractivity contribution in [2.75, 3.05) is 12.4 Å². The van der Waals surface area contributed by atoms with Gasteiger partial charge in [-0.25, -0.2) is 4.79 Å². The minimum absolute atomic E-state index is 0.00250. The molecule has 1 aromatic rings. The van der Waals surface area contributed by atoms with E-state index in [-0.39, 0.29) is 6.42 Å². The zero-order chi connectivity index (χ0) is 18.4. The van der Waals surface area contributed by atoms with Crippen LogP contribution in [0.15, 0.2) is 24.3 Å². The summed E-state index contributed by atoms with van der Waals surface area (Å²) in [7, 11) is 1.53. The highest BCUT2D eigenvalue weighted by atomic mass is 16.5. The van der Waals surface area contributed by atoms with Crippen LogP contribution in [-0.4, -0.2) is 46.9 Å². The molecule has 2 saturated carbocycles. The first-order valence-corrected chi connectivity index (χ1v) is 7.74. The van der Waals surface area contributed by atoms with Gasteiger partial charge in [0.25, 0.3) is 0 Å². The Kier molecular flexibility index (Phi) is 4.03. The van der Waals surface area contributed by atoms with E-state index in [1.54, 1.807) is 24.3 Å². The molecule has 2 fully saturated rings. The number of ether oxygens (including phenoxy) is 1.